The van der Waals surface area contributed by atoms with Gasteiger partial charge in [-0.05, 0) is 18.6 Å². The van der Waals surface area contributed by atoms with E-state index in [1.54, 1.807) is 5.38 Å². The van der Waals surface area contributed by atoms with Crippen molar-refractivity contribution in [1.82, 2.24) is 10.4 Å². The van der Waals surface area contributed by atoms with Gasteiger partial charge in [0.05, 0.1) is 12.3 Å². The van der Waals surface area contributed by atoms with Crippen LogP contribution in [0, 0.1) is 0 Å². The van der Waals surface area contributed by atoms with Gasteiger partial charge in [0.2, 0.25) is 0 Å². The minimum Gasteiger partial charge on any atom is -0.490 e. The molecule has 7 heteroatoms. The summed E-state index contributed by atoms with van der Waals surface area (Å²) in [6.45, 7) is 2.95. The second-order valence-electron chi connectivity index (χ2n) is 4.20. The molecule has 0 aliphatic carbocycles. The molecule has 3 N–H and O–H groups in total. The molecule has 0 aliphatic rings. The molecule has 1 amide bonds. The van der Waals surface area contributed by atoms with E-state index in [2.05, 4.69) is 4.98 Å². The zero-order valence-corrected chi connectivity index (χ0v) is 12.5. The summed E-state index contributed by atoms with van der Waals surface area (Å²) in [5.74, 6) is 6.02. The van der Waals surface area contributed by atoms with Crippen LogP contribution in [0.4, 0.5) is 0 Å². The molecule has 0 fully saturated rings. The lowest BCUT2D eigenvalue weighted by atomic mass is 10.3. The van der Waals surface area contributed by atoms with E-state index in [0.29, 0.717) is 28.8 Å². The van der Waals surface area contributed by atoms with Gasteiger partial charge in [0.1, 0.15) is 6.61 Å². The third-order valence-corrected chi connectivity index (χ3v) is 3.45. The average Bonchev–Trinajstić information content (AvgIpc) is 3.00. The standard InChI is InChI=1S/C14H17N3O3S/c1-2-7-19-11-5-3-4-6-12(11)20-8-10-9-21-14(16-10)13(18)17-15/h3-6,9H,2,7-8,15H2,1H3,(H,17,18). The molecule has 0 saturated heterocycles. The molecule has 1 aromatic carbocycles. The average molecular weight is 307 g/mol. The Labute approximate surface area is 126 Å². The normalized spacial score (nSPS) is 10.2. The van der Waals surface area contributed by atoms with Gasteiger partial charge in [0, 0.05) is 5.38 Å². The molecular weight excluding hydrogens is 290 g/mol. The number of hydrazine groups is 1. The van der Waals surface area contributed by atoms with Crippen LogP contribution in [-0.2, 0) is 6.61 Å². The Hall–Kier alpha value is -2.12. The van der Waals surface area contributed by atoms with Crippen molar-refractivity contribution in [3.05, 3.63) is 40.3 Å². The summed E-state index contributed by atoms with van der Waals surface area (Å²) in [6.07, 6.45) is 0.929. The summed E-state index contributed by atoms with van der Waals surface area (Å²) in [4.78, 5) is 15.5. The van der Waals surface area contributed by atoms with Crippen molar-refractivity contribution < 1.29 is 14.3 Å². The van der Waals surface area contributed by atoms with Gasteiger partial charge in [0.25, 0.3) is 5.91 Å². The Morgan fingerprint density at radius 2 is 2.05 bits per heavy atom. The highest BCUT2D eigenvalue weighted by molar-refractivity contribution is 7.11. The SMILES string of the molecule is CCCOc1ccccc1OCc1csc(C(=O)NN)n1. The van der Waals surface area contributed by atoms with Crippen molar-refractivity contribution in [1.29, 1.82) is 0 Å². The Morgan fingerprint density at radius 3 is 2.71 bits per heavy atom. The number of nitrogens with two attached hydrogens (primary N) is 1. The quantitative estimate of drug-likeness (QED) is 0.465. The first-order valence-corrected chi connectivity index (χ1v) is 7.42. The second-order valence-corrected chi connectivity index (χ2v) is 5.06. The Morgan fingerprint density at radius 1 is 1.33 bits per heavy atom. The highest BCUT2D eigenvalue weighted by atomic mass is 32.1. The van der Waals surface area contributed by atoms with Crippen LogP contribution in [0.2, 0.25) is 0 Å². The van der Waals surface area contributed by atoms with Gasteiger partial charge < -0.3 is 9.47 Å². The lowest BCUT2D eigenvalue weighted by Crippen LogP contribution is -2.29. The van der Waals surface area contributed by atoms with Crippen molar-refractivity contribution >= 4 is 17.2 Å². The van der Waals surface area contributed by atoms with E-state index in [1.165, 1.54) is 11.3 Å². The summed E-state index contributed by atoms with van der Waals surface area (Å²) in [7, 11) is 0. The first-order valence-electron chi connectivity index (χ1n) is 6.54. The van der Waals surface area contributed by atoms with E-state index >= 15 is 0 Å². The van der Waals surface area contributed by atoms with Gasteiger partial charge in [-0.1, -0.05) is 19.1 Å². The zero-order chi connectivity index (χ0) is 15.1. The number of nitrogen functional groups attached to an aromatic ring is 1. The molecule has 6 nitrogen and oxygen atoms in total. The highest BCUT2D eigenvalue weighted by Crippen LogP contribution is 2.27. The van der Waals surface area contributed by atoms with Crippen LogP contribution in [0.3, 0.4) is 0 Å². The van der Waals surface area contributed by atoms with Crippen molar-refractivity contribution in [2.24, 2.45) is 5.84 Å². The number of carbonyl (C=O) groups is 1. The van der Waals surface area contributed by atoms with Crippen LogP contribution in [0.1, 0.15) is 28.8 Å². The van der Waals surface area contributed by atoms with Crippen LogP contribution in [0.25, 0.3) is 0 Å². The lowest BCUT2D eigenvalue weighted by Gasteiger charge is -2.11. The number of benzene rings is 1. The van der Waals surface area contributed by atoms with Crippen LogP contribution in [0.15, 0.2) is 29.6 Å². The van der Waals surface area contributed by atoms with E-state index in [-0.39, 0.29) is 6.61 Å². The summed E-state index contributed by atoms with van der Waals surface area (Å²) in [5.41, 5.74) is 2.72. The highest BCUT2D eigenvalue weighted by Gasteiger charge is 2.10. The van der Waals surface area contributed by atoms with Crippen molar-refractivity contribution in [3.63, 3.8) is 0 Å². The molecule has 1 aromatic heterocycles. The van der Waals surface area contributed by atoms with Crippen molar-refractivity contribution in [2.45, 2.75) is 20.0 Å². The van der Waals surface area contributed by atoms with Gasteiger partial charge in [-0.15, -0.1) is 11.3 Å². The number of para-hydroxylation sites is 2. The van der Waals surface area contributed by atoms with E-state index < -0.39 is 5.91 Å². The van der Waals surface area contributed by atoms with Crippen LogP contribution in [-0.4, -0.2) is 17.5 Å². The molecule has 0 saturated carbocycles. The van der Waals surface area contributed by atoms with E-state index in [1.807, 2.05) is 36.6 Å². The predicted molar refractivity (Wildman–Crippen MR) is 80.3 cm³/mol. The number of amides is 1. The smallest absolute Gasteiger partial charge is 0.294 e. The van der Waals surface area contributed by atoms with Gasteiger partial charge in [0.15, 0.2) is 16.5 Å². The largest absolute Gasteiger partial charge is 0.490 e. The number of ether oxygens (including phenoxy) is 2. The Bertz CT molecular complexity index is 601. The van der Waals surface area contributed by atoms with E-state index in [9.17, 15) is 4.79 Å². The molecular formula is C14H17N3O3S. The molecule has 0 unspecified atom stereocenters. The number of hydrogen-bond donors (Lipinski definition) is 2. The number of rotatable bonds is 7. The minimum absolute atomic E-state index is 0.265. The van der Waals surface area contributed by atoms with Gasteiger partial charge in [-0.25, -0.2) is 10.8 Å². The first kappa shape index (κ1) is 15.3. The van der Waals surface area contributed by atoms with E-state index in [0.717, 1.165) is 6.42 Å². The number of aromatic nitrogens is 1. The second kappa shape index (κ2) is 7.61. The molecule has 2 rings (SSSR count). The fraction of sp³-hybridized carbons (Fsp3) is 0.286. The molecule has 0 spiro atoms. The van der Waals surface area contributed by atoms with Crippen molar-refractivity contribution in [3.8, 4) is 11.5 Å². The topological polar surface area (TPSA) is 86.5 Å². The molecule has 2 aromatic rings. The molecule has 0 aliphatic heterocycles. The van der Waals surface area contributed by atoms with Crippen LogP contribution < -0.4 is 20.7 Å². The van der Waals surface area contributed by atoms with Gasteiger partial charge in [-0.3, -0.25) is 10.2 Å². The maximum absolute atomic E-state index is 11.3. The number of thiazole rings is 1. The van der Waals surface area contributed by atoms with Crippen LogP contribution >= 0.6 is 11.3 Å². The monoisotopic (exact) mass is 307 g/mol. The van der Waals surface area contributed by atoms with Gasteiger partial charge in [-0.2, -0.15) is 0 Å². The lowest BCUT2D eigenvalue weighted by molar-refractivity contribution is 0.0953. The Kier molecular flexibility index (Phi) is 5.53. The third kappa shape index (κ3) is 4.17. The maximum atomic E-state index is 11.3. The van der Waals surface area contributed by atoms with Crippen molar-refractivity contribution in [2.75, 3.05) is 6.61 Å². The zero-order valence-electron chi connectivity index (χ0n) is 11.7. The molecule has 1 heterocycles. The summed E-state index contributed by atoms with van der Waals surface area (Å²) < 4.78 is 11.3. The summed E-state index contributed by atoms with van der Waals surface area (Å²) in [6, 6.07) is 7.47. The van der Waals surface area contributed by atoms with E-state index in [4.69, 9.17) is 15.3 Å². The van der Waals surface area contributed by atoms with Gasteiger partial charge >= 0.3 is 0 Å². The molecule has 0 atom stereocenters. The maximum Gasteiger partial charge on any atom is 0.294 e. The van der Waals surface area contributed by atoms with Crippen LogP contribution in [0.5, 0.6) is 11.5 Å². The number of nitrogens with one attached hydrogen (secondary N) is 1. The number of hydrogen-bond acceptors (Lipinski definition) is 6. The molecule has 112 valence electrons. The predicted octanol–water partition coefficient (Wildman–Crippen LogP) is 2.11. The molecule has 0 radical (unpaired) electrons. The minimum atomic E-state index is -0.405. The first-order chi connectivity index (χ1) is 10.2. The fourth-order valence-electron chi connectivity index (χ4n) is 1.59. The fourth-order valence-corrected chi connectivity index (χ4v) is 2.30. The number of carbonyl (C=O) groups excluding carboxylic acids is 1. The summed E-state index contributed by atoms with van der Waals surface area (Å²) >= 11 is 1.22. The number of nitrogens with zero attached hydrogens (tertiary/aromatic N) is 1. The third-order valence-electron chi connectivity index (χ3n) is 2.56. The molecule has 21 heavy (non-hydrogen) atoms. The molecule has 0 bridgehead atoms. The summed E-state index contributed by atoms with van der Waals surface area (Å²) in [5, 5.41) is 2.08. The Balaban J connectivity index is 1.99.